The number of carbonyl (C=O) groups is 1. The largest absolute Gasteiger partial charge is 0.373 e. The van der Waals surface area contributed by atoms with Crippen molar-refractivity contribution < 1.29 is 9.53 Å². The highest BCUT2D eigenvalue weighted by atomic mass is 127. The number of nitrogens with one attached hydrogen (secondary N) is 1. The number of aliphatic imine (C=N–C) groups is 1. The van der Waals surface area contributed by atoms with Gasteiger partial charge in [-0.05, 0) is 12.5 Å². The second-order valence-corrected chi connectivity index (χ2v) is 7.61. The number of rotatable bonds is 6. The number of hydrogen-bond donors (Lipinski definition) is 1. The predicted molar refractivity (Wildman–Crippen MR) is 127 cm³/mol. The van der Waals surface area contributed by atoms with E-state index in [9.17, 15) is 4.79 Å². The van der Waals surface area contributed by atoms with Gasteiger partial charge in [0.2, 0.25) is 5.91 Å². The smallest absolute Gasteiger partial charge is 0.223 e. The van der Waals surface area contributed by atoms with Crippen LogP contribution in [0.2, 0.25) is 0 Å². The maximum Gasteiger partial charge on any atom is 0.223 e. The van der Waals surface area contributed by atoms with E-state index in [0.29, 0.717) is 19.0 Å². The minimum absolute atomic E-state index is 0. The molecule has 2 aliphatic heterocycles. The van der Waals surface area contributed by atoms with Crippen LogP contribution in [0.3, 0.4) is 0 Å². The van der Waals surface area contributed by atoms with E-state index < -0.39 is 0 Å². The lowest BCUT2D eigenvalue weighted by Crippen LogP contribution is -2.50. The SMILES string of the molecule is CCNC(=NCCC(=O)N(C)C)N1CC2OCCN(Cc3ccccc3)C2C1.I. The van der Waals surface area contributed by atoms with Gasteiger partial charge in [-0.15, -0.1) is 24.0 Å². The van der Waals surface area contributed by atoms with Crippen molar-refractivity contribution in [3.05, 3.63) is 35.9 Å². The van der Waals surface area contributed by atoms with E-state index in [2.05, 4.69) is 52.4 Å². The minimum atomic E-state index is 0. The first kappa shape index (κ1) is 23.9. The van der Waals surface area contributed by atoms with Crippen LogP contribution >= 0.6 is 24.0 Å². The van der Waals surface area contributed by atoms with Crippen molar-refractivity contribution in [3.8, 4) is 0 Å². The fourth-order valence-electron chi connectivity index (χ4n) is 3.85. The van der Waals surface area contributed by atoms with E-state index in [1.54, 1.807) is 19.0 Å². The first-order valence-corrected chi connectivity index (χ1v) is 10.2. The maximum atomic E-state index is 11.8. The first-order chi connectivity index (χ1) is 13.6. The molecule has 2 atom stereocenters. The summed E-state index contributed by atoms with van der Waals surface area (Å²) in [6, 6.07) is 11.0. The monoisotopic (exact) mass is 515 g/mol. The number of likely N-dealkylation sites (tertiary alicyclic amines) is 1. The zero-order chi connectivity index (χ0) is 19.9. The van der Waals surface area contributed by atoms with E-state index in [0.717, 1.165) is 45.3 Å². The van der Waals surface area contributed by atoms with Gasteiger partial charge in [-0.25, -0.2) is 0 Å². The number of nitrogens with zero attached hydrogens (tertiary/aromatic N) is 4. The molecule has 2 heterocycles. The zero-order valence-corrected chi connectivity index (χ0v) is 20.0. The van der Waals surface area contributed by atoms with E-state index >= 15 is 0 Å². The molecule has 2 aliphatic rings. The van der Waals surface area contributed by atoms with Gasteiger partial charge in [0.05, 0.1) is 25.3 Å². The lowest BCUT2D eigenvalue weighted by Gasteiger charge is -2.36. The average Bonchev–Trinajstić information content (AvgIpc) is 3.13. The fourth-order valence-corrected chi connectivity index (χ4v) is 3.85. The Balaban J connectivity index is 0.00000300. The highest BCUT2D eigenvalue weighted by Crippen LogP contribution is 2.24. The van der Waals surface area contributed by atoms with Crippen LogP contribution in [0.4, 0.5) is 0 Å². The Labute approximate surface area is 191 Å². The van der Waals surface area contributed by atoms with Crippen LogP contribution in [-0.2, 0) is 16.1 Å². The normalized spacial score (nSPS) is 22.0. The molecule has 3 rings (SSSR count). The molecule has 0 aromatic heterocycles. The summed E-state index contributed by atoms with van der Waals surface area (Å²) in [6.07, 6.45) is 0.629. The van der Waals surface area contributed by atoms with E-state index in [4.69, 9.17) is 9.73 Å². The van der Waals surface area contributed by atoms with Gasteiger partial charge in [0.25, 0.3) is 0 Å². The number of amides is 1. The third-order valence-electron chi connectivity index (χ3n) is 5.37. The maximum absolute atomic E-state index is 11.8. The first-order valence-electron chi connectivity index (χ1n) is 10.2. The van der Waals surface area contributed by atoms with Gasteiger partial charge >= 0.3 is 0 Å². The lowest BCUT2D eigenvalue weighted by molar-refractivity contribution is -0.128. The summed E-state index contributed by atoms with van der Waals surface area (Å²) in [6.45, 7) is 7.78. The Morgan fingerprint density at radius 2 is 2.03 bits per heavy atom. The van der Waals surface area contributed by atoms with Gasteiger partial charge in [0.15, 0.2) is 5.96 Å². The van der Waals surface area contributed by atoms with Crippen LogP contribution in [0, 0.1) is 0 Å². The van der Waals surface area contributed by atoms with Crippen molar-refractivity contribution in [3.63, 3.8) is 0 Å². The number of benzene rings is 1. The molecule has 0 saturated carbocycles. The second kappa shape index (κ2) is 11.7. The summed E-state index contributed by atoms with van der Waals surface area (Å²) in [5, 5.41) is 3.38. The van der Waals surface area contributed by atoms with Crippen LogP contribution in [-0.4, -0.2) is 92.1 Å². The Morgan fingerprint density at radius 3 is 2.72 bits per heavy atom. The number of carbonyl (C=O) groups excluding carboxylic acids is 1. The summed E-state index contributed by atoms with van der Waals surface area (Å²) >= 11 is 0. The van der Waals surface area contributed by atoms with Gasteiger partial charge in [-0.2, -0.15) is 0 Å². The molecule has 7 nitrogen and oxygen atoms in total. The van der Waals surface area contributed by atoms with Gasteiger partial charge < -0.3 is 19.9 Å². The molecule has 2 fully saturated rings. The Kier molecular flexibility index (Phi) is 9.64. The summed E-state index contributed by atoms with van der Waals surface area (Å²) in [5.74, 6) is 0.985. The van der Waals surface area contributed by atoms with Gasteiger partial charge in [-0.1, -0.05) is 30.3 Å². The van der Waals surface area contributed by atoms with Crippen LogP contribution in [0.25, 0.3) is 0 Å². The molecule has 1 amide bonds. The molecule has 0 bridgehead atoms. The molecule has 1 aromatic rings. The highest BCUT2D eigenvalue weighted by Gasteiger charge is 2.41. The molecular formula is C21H34IN5O2. The highest BCUT2D eigenvalue weighted by molar-refractivity contribution is 14.0. The van der Waals surface area contributed by atoms with Gasteiger partial charge in [0.1, 0.15) is 0 Å². The molecule has 2 unspecified atom stereocenters. The quantitative estimate of drug-likeness (QED) is 0.355. The number of morpholine rings is 1. The van der Waals surface area contributed by atoms with E-state index in [-0.39, 0.29) is 36.0 Å². The number of halogens is 1. The van der Waals surface area contributed by atoms with Crippen molar-refractivity contribution in [1.29, 1.82) is 0 Å². The van der Waals surface area contributed by atoms with Crippen LogP contribution in [0.1, 0.15) is 18.9 Å². The summed E-state index contributed by atoms with van der Waals surface area (Å²) in [7, 11) is 3.56. The molecule has 29 heavy (non-hydrogen) atoms. The van der Waals surface area contributed by atoms with E-state index in [1.807, 2.05) is 0 Å². The number of ether oxygens (including phenoxy) is 1. The summed E-state index contributed by atoms with van der Waals surface area (Å²) in [5.41, 5.74) is 1.34. The van der Waals surface area contributed by atoms with E-state index in [1.165, 1.54) is 5.56 Å². The Bertz CT molecular complexity index is 670. The molecule has 162 valence electrons. The van der Waals surface area contributed by atoms with Gasteiger partial charge in [0, 0.05) is 53.2 Å². The number of guanidine groups is 1. The Hall–Kier alpha value is -1.39. The van der Waals surface area contributed by atoms with Crippen LogP contribution in [0.15, 0.2) is 35.3 Å². The molecule has 0 radical (unpaired) electrons. The zero-order valence-electron chi connectivity index (χ0n) is 17.7. The summed E-state index contributed by atoms with van der Waals surface area (Å²) in [4.78, 5) is 22.9. The van der Waals surface area contributed by atoms with Crippen molar-refractivity contribution in [1.82, 2.24) is 20.0 Å². The molecule has 1 aromatic carbocycles. The third kappa shape index (κ3) is 6.55. The van der Waals surface area contributed by atoms with Crippen molar-refractivity contribution >= 4 is 35.8 Å². The minimum Gasteiger partial charge on any atom is -0.373 e. The van der Waals surface area contributed by atoms with Crippen molar-refractivity contribution in [2.45, 2.75) is 32.0 Å². The molecule has 8 heteroatoms. The molecule has 0 aliphatic carbocycles. The lowest BCUT2D eigenvalue weighted by atomic mass is 10.1. The second-order valence-electron chi connectivity index (χ2n) is 7.61. The van der Waals surface area contributed by atoms with Crippen LogP contribution in [0.5, 0.6) is 0 Å². The van der Waals surface area contributed by atoms with Gasteiger partial charge in [-0.3, -0.25) is 14.7 Å². The standard InChI is InChI=1S/C21H33N5O2.HI/c1-4-22-21(23-11-10-20(27)24(2)3)26-15-18-19(16-26)28-13-12-25(18)14-17-8-6-5-7-9-17;/h5-9,18-19H,4,10-16H2,1-3H3,(H,22,23);1H. The van der Waals surface area contributed by atoms with Crippen molar-refractivity contribution in [2.75, 3.05) is 53.4 Å². The molecule has 1 N–H and O–H groups in total. The van der Waals surface area contributed by atoms with Crippen LogP contribution < -0.4 is 5.32 Å². The molecule has 0 spiro atoms. The number of hydrogen-bond acceptors (Lipinski definition) is 4. The average molecular weight is 515 g/mol. The molecular weight excluding hydrogens is 481 g/mol. The Morgan fingerprint density at radius 1 is 1.28 bits per heavy atom. The summed E-state index contributed by atoms with van der Waals surface area (Å²) < 4.78 is 6.08. The number of fused-ring (bicyclic) bond motifs is 1. The predicted octanol–water partition coefficient (Wildman–Crippen LogP) is 1.63. The topological polar surface area (TPSA) is 60.4 Å². The van der Waals surface area contributed by atoms with Crippen molar-refractivity contribution in [2.24, 2.45) is 4.99 Å². The third-order valence-corrected chi connectivity index (χ3v) is 5.37. The molecule has 2 saturated heterocycles. The fraction of sp³-hybridized carbons (Fsp3) is 0.619.